The molecule has 1 heterocycles. The minimum absolute atomic E-state index is 0.102. The molecule has 3 amide bonds. The summed E-state index contributed by atoms with van der Waals surface area (Å²) in [6.45, 7) is 1.89. The Morgan fingerprint density at radius 1 is 1.23 bits per heavy atom. The molecule has 0 spiro atoms. The maximum absolute atomic E-state index is 12.8. The van der Waals surface area contributed by atoms with Crippen molar-refractivity contribution in [2.24, 2.45) is 0 Å². The molecule has 1 N–H and O–H groups in total. The number of nitriles is 1. The Labute approximate surface area is 155 Å². The topological polar surface area (TPSA) is 82.4 Å². The molecule has 2 aromatic rings. The lowest BCUT2D eigenvalue weighted by Gasteiger charge is -2.22. The molecule has 7 heteroatoms. The van der Waals surface area contributed by atoms with E-state index in [4.69, 9.17) is 21.6 Å². The Kier molecular flexibility index (Phi) is 4.83. The van der Waals surface area contributed by atoms with Crippen LogP contribution in [0.5, 0.6) is 5.75 Å². The lowest BCUT2D eigenvalue weighted by Crippen LogP contribution is -2.41. The van der Waals surface area contributed by atoms with E-state index < -0.39 is 11.6 Å². The lowest BCUT2D eigenvalue weighted by atomic mass is 9.92. The van der Waals surface area contributed by atoms with Gasteiger partial charge in [-0.1, -0.05) is 29.8 Å². The summed E-state index contributed by atoms with van der Waals surface area (Å²) in [6, 6.07) is 15.0. The highest BCUT2D eigenvalue weighted by Gasteiger charge is 2.48. The summed E-state index contributed by atoms with van der Waals surface area (Å²) >= 11 is 5.89. The maximum atomic E-state index is 12.8. The van der Waals surface area contributed by atoms with Gasteiger partial charge >= 0.3 is 6.03 Å². The molecule has 0 unspecified atom stereocenters. The number of carbonyl (C=O) groups excluding carboxylic acids is 2. The molecule has 1 aliphatic rings. The molecule has 1 atom stereocenters. The molecule has 2 aromatic carbocycles. The summed E-state index contributed by atoms with van der Waals surface area (Å²) in [4.78, 5) is 26.2. The normalized spacial score (nSPS) is 19.2. The molecule has 3 rings (SSSR count). The minimum Gasteiger partial charge on any atom is -0.492 e. The third-order valence-corrected chi connectivity index (χ3v) is 4.50. The number of nitrogens with one attached hydrogen (secondary N) is 1. The third-order valence-electron chi connectivity index (χ3n) is 4.24. The molecule has 1 saturated heterocycles. The maximum Gasteiger partial charge on any atom is 0.325 e. The third kappa shape index (κ3) is 3.35. The molecule has 0 aromatic heterocycles. The quantitative estimate of drug-likeness (QED) is 0.821. The first-order valence-electron chi connectivity index (χ1n) is 7.97. The number of benzene rings is 2. The Balaban J connectivity index is 1.67. The van der Waals surface area contributed by atoms with Crippen molar-refractivity contribution >= 4 is 23.5 Å². The molecule has 6 nitrogen and oxygen atoms in total. The molecule has 0 saturated carbocycles. The number of hydrogen-bond donors (Lipinski definition) is 1. The molecule has 1 fully saturated rings. The van der Waals surface area contributed by atoms with Gasteiger partial charge in [0.05, 0.1) is 18.2 Å². The summed E-state index contributed by atoms with van der Waals surface area (Å²) in [5.74, 6) is 0.163. The summed E-state index contributed by atoms with van der Waals surface area (Å²) in [6.07, 6.45) is 0. The average molecular weight is 370 g/mol. The fourth-order valence-electron chi connectivity index (χ4n) is 2.79. The zero-order valence-electron chi connectivity index (χ0n) is 14.0. The van der Waals surface area contributed by atoms with E-state index in [0.717, 1.165) is 4.90 Å². The van der Waals surface area contributed by atoms with Crippen LogP contribution in [-0.2, 0) is 10.3 Å². The van der Waals surface area contributed by atoms with Crippen LogP contribution in [0.4, 0.5) is 4.79 Å². The highest BCUT2D eigenvalue weighted by molar-refractivity contribution is 6.30. The van der Waals surface area contributed by atoms with E-state index in [1.54, 1.807) is 55.5 Å². The molecular formula is C19H16ClN3O3. The van der Waals surface area contributed by atoms with Gasteiger partial charge < -0.3 is 10.1 Å². The molecule has 26 heavy (non-hydrogen) atoms. The van der Waals surface area contributed by atoms with Gasteiger partial charge in [0.1, 0.15) is 17.9 Å². The largest absolute Gasteiger partial charge is 0.492 e. The van der Waals surface area contributed by atoms with Crippen molar-refractivity contribution in [3.63, 3.8) is 0 Å². The van der Waals surface area contributed by atoms with Crippen LogP contribution in [0, 0.1) is 11.3 Å². The van der Waals surface area contributed by atoms with Crippen molar-refractivity contribution in [3.8, 4) is 11.8 Å². The monoisotopic (exact) mass is 369 g/mol. The smallest absolute Gasteiger partial charge is 0.325 e. The second-order valence-corrected chi connectivity index (χ2v) is 6.44. The number of urea groups is 1. The number of hydrogen-bond acceptors (Lipinski definition) is 4. The molecule has 132 valence electrons. The van der Waals surface area contributed by atoms with E-state index in [1.807, 2.05) is 6.07 Å². The number of imide groups is 1. The van der Waals surface area contributed by atoms with Gasteiger partial charge in [-0.25, -0.2) is 4.79 Å². The van der Waals surface area contributed by atoms with Crippen molar-refractivity contribution in [1.29, 1.82) is 5.26 Å². The zero-order valence-corrected chi connectivity index (χ0v) is 14.8. The van der Waals surface area contributed by atoms with Gasteiger partial charge in [-0.3, -0.25) is 9.69 Å². The number of carbonyl (C=O) groups is 2. The second kappa shape index (κ2) is 7.06. The van der Waals surface area contributed by atoms with E-state index in [-0.39, 0.29) is 19.1 Å². The minimum atomic E-state index is -1.14. The van der Waals surface area contributed by atoms with Gasteiger partial charge in [0.15, 0.2) is 0 Å². The molecular weight excluding hydrogens is 354 g/mol. The van der Waals surface area contributed by atoms with Crippen molar-refractivity contribution in [3.05, 3.63) is 64.7 Å². The number of ether oxygens (including phenoxy) is 1. The Morgan fingerprint density at radius 2 is 1.96 bits per heavy atom. The number of amides is 3. The number of halogens is 1. The summed E-state index contributed by atoms with van der Waals surface area (Å²) in [5, 5.41) is 12.2. The van der Waals surface area contributed by atoms with Crippen LogP contribution in [0.15, 0.2) is 48.5 Å². The Morgan fingerprint density at radius 3 is 2.65 bits per heavy atom. The van der Waals surface area contributed by atoms with Gasteiger partial charge in [-0.05, 0) is 42.8 Å². The number of rotatable bonds is 5. The van der Waals surface area contributed by atoms with Crippen LogP contribution in [0.3, 0.4) is 0 Å². The van der Waals surface area contributed by atoms with Gasteiger partial charge in [0, 0.05) is 5.02 Å². The van der Waals surface area contributed by atoms with Crippen molar-refractivity contribution < 1.29 is 14.3 Å². The predicted molar refractivity (Wildman–Crippen MR) is 95.7 cm³/mol. The van der Waals surface area contributed by atoms with Gasteiger partial charge in [-0.15, -0.1) is 0 Å². The van der Waals surface area contributed by atoms with Crippen LogP contribution in [0.25, 0.3) is 0 Å². The van der Waals surface area contributed by atoms with Crippen LogP contribution < -0.4 is 10.1 Å². The highest BCUT2D eigenvalue weighted by Crippen LogP contribution is 2.29. The van der Waals surface area contributed by atoms with Crippen molar-refractivity contribution in [1.82, 2.24) is 10.2 Å². The van der Waals surface area contributed by atoms with Gasteiger partial charge in [-0.2, -0.15) is 5.26 Å². The first-order chi connectivity index (χ1) is 12.4. The van der Waals surface area contributed by atoms with E-state index in [9.17, 15) is 9.59 Å². The molecule has 0 radical (unpaired) electrons. The highest BCUT2D eigenvalue weighted by atomic mass is 35.5. The van der Waals surface area contributed by atoms with Gasteiger partial charge in [0.25, 0.3) is 5.91 Å². The number of nitrogens with zero attached hydrogens (tertiary/aromatic N) is 2. The van der Waals surface area contributed by atoms with E-state index in [0.29, 0.717) is 21.9 Å². The van der Waals surface area contributed by atoms with Crippen molar-refractivity contribution in [2.45, 2.75) is 12.5 Å². The lowest BCUT2D eigenvalue weighted by molar-refractivity contribution is -0.131. The zero-order chi connectivity index (χ0) is 18.7. The van der Waals surface area contributed by atoms with Gasteiger partial charge in [0.2, 0.25) is 0 Å². The van der Waals surface area contributed by atoms with Crippen LogP contribution in [-0.4, -0.2) is 30.0 Å². The van der Waals surface area contributed by atoms with Crippen LogP contribution in [0.2, 0.25) is 5.02 Å². The van der Waals surface area contributed by atoms with Crippen LogP contribution >= 0.6 is 11.6 Å². The van der Waals surface area contributed by atoms with E-state index in [2.05, 4.69) is 5.32 Å². The first-order valence-corrected chi connectivity index (χ1v) is 8.35. The Hall–Kier alpha value is -3.04. The fraction of sp³-hybridized carbons (Fsp3) is 0.211. The van der Waals surface area contributed by atoms with Crippen LogP contribution in [0.1, 0.15) is 18.1 Å². The van der Waals surface area contributed by atoms with E-state index in [1.165, 1.54) is 0 Å². The first kappa shape index (κ1) is 17.8. The van der Waals surface area contributed by atoms with E-state index >= 15 is 0 Å². The predicted octanol–water partition coefficient (Wildman–Crippen LogP) is 3.06. The summed E-state index contributed by atoms with van der Waals surface area (Å²) in [7, 11) is 0. The molecule has 1 aliphatic heterocycles. The second-order valence-electron chi connectivity index (χ2n) is 6.01. The molecule has 0 aliphatic carbocycles. The fourth-order valence-corrected chi connectivity index (χ4v) is 2.92. The summed E-state index contributed by atoms with van der Waals surface area (Å²) < 4.78 is 5.55. The van der Waals surface area contributed by atoms with Crippen molar-refractivity contribution in [2.75, 3.05) is 13.2 Å². The summed E-state index contributed by atoms with van der Waals surface area (Å²) in [5.41, 5.74) is 0.000707. The SMILES string of the molecule is C[C@@]1(c2ccc(Cl)cc2)NC(=O)N(CCOc2cccc(C#N)c2)C1=O. The Bertz CT molecular complexity index is 892. The standard InChI is InChI=1S/C19H16ClN3O3/c1-19(14-5-7-15(20)8-6-14)17(24)23(18(25)22-19)9-10-26-16-4-2-3-13(11-16)12-21/h2-8,11H,9-10H2,1H3,(H,22,25)/t19-/m0/s1. The molecule has 0 bridgehead atoms. The average Bonchev–Trinajstić information content (AvgIpc) is 2.86.